The third kappa shape index (κ3) is 40.3. The number of phenolic OH excluding ortho intramolecular Hbond substituents is 1. The summed E-state index contributed by atoms with van der Waals surface area (Å²) in [6.07, 6.45) is 8.83. The number of nitrogens with zero attached hydrogens (tertiary/aromatic N) is 9. The fourth-order valence-electron chi connectivity index (χ4n) is 14.0. The number of benzene rings is 7. The predicted octanol–water partition coefficient (Wildman–Crippen LogP) is 21.5. The van der Waals surface area contributed by atoms with E-state index < -0.39 is 9.85 Å². The fourth-order valence-corrected chi connectivity index (χ4v) is 15.2. The van der Waals surface area contributed by atoms with Gasteiger partial charge in [0.05, 0.1) is 65.2 Å². The van der Waals surface area contributed by atoms with Crippen LogP contribution in [0.3, 0.4) is 0 Å². The van der Waals surface area contributed by atoms with Gasteiger partial charge >= 0.3 is 26.0 Å². The summed E-state index contributed by atoms with van der Waals surface area (Å²) in [4.78, 5) is 42.6. The SMILES string of the molecule is C=C(C)CBr.C=C(C)COc1ccccc1Br.CC1(C)COc2c(/C=C/[N+](=O)[O-])cccc21.CC1(C)COc2c(CCN)cccc21.CC1(C)COc2c(CCNc3cc(Cl)ncn3)cccc21.CC1(C)COc2ccccc21.CCOCC.CN1CCN(c2ccc(B3OC(C)(C)C(C)(C)O3)cn2)CC1.COc1cccc2c1OCC2(C)C.C[N+](=O)[O-].Clc1cc(Cl)ncn1.Oc1ccccc1Br.[CH3-].[Li+]. The minimum atomic E-state index is -0.500. The molecular weight excluding hydrogens is 2040 g/mol. The van der Waals surface area contributed by atoms with Gasteiger partial charge in [0.25, 0.3) is 0 Å². The summed E-state index contributed by atoms with van der Waals surface area (Å²) in [7, 11) is 4.38. The summed E-state index contributed by atoms with van der Waals surface area (Å²) in [5.74, 6) is 8.61. The summed E-state index contributed by atoms with van der Waals surface area (Å²) in [6.45, 7) is 57.0. The van der Waals surface area contributed by atoms with E-state index in [-0.39, 0.29) is 77.4 Å². The Balaban J connectivity index is 0.000000329. The maximum atomic E-state index is 10.3. The first-order valence-electron chi connectivity index (χ1n) is 45.8. The molecule has 7 aliphatic rings. The number of piperazine rings is 1. The molecule has 7 aliphatic heterocycles. The molecule has 0 aliphatic carbocycles. The van der Waals surface area contributed by atoms with Crippen LogP contribution in [-0.4, -0.2) is 182 Å². The molecule has 10 heterocycles. The van der Waals surface area contributed by atoms with Gasteiger partial charge < -0.3 is 80.6 Å². The van der Waals surface area contributed by atoms with Crippen LogP contribution >= 0.6 is 82.6 Å². The van der Waals surface area contributed by atoms with Gasteiger partial charge in [-0.3, -0.25) is 20.2 Å². The number of pyridine rings is 1. The predicted molar refractivity (Wildman–Crippen MR) is 581 cm³/mol. The third-order valence-electron chi connectivity index (χ3n) is 22.5. The summed E-state index contributed by atoms with van der Waals surface area (Å²) in [6, 6.07) is 54.9. The Hall–Kier alpha value is -9.36. The van der Waals surface area contributed by atoms with Crippen molar-refractivity contribution in [1.29, 1.82) is 0 Å². The quantitative estimate of drug-likeness (QED) is 0.0145. The molecule has 2 fully saturated rings. The van der Waals surface area contributed by atoms with Gasteiger partial charge in [0, 0.05) is 147 Å². The summed E-state index contributed by atoms with van der Waals surface area (Å²) in [5.41, 5.74) is 18.2. The molecule has 0 spiro atoms. The smallest absolute Gasteiger partial charge is 0.507 e. The summed E-state index contributed by atoms with van der Waals surface area (Å²) >= 11 is 26.4. The van der Waals surface area contributed by atoms with Crippen molar-refractivity contribution in [2.75, 3.05) is 129 Å². The molecule has 760 valence electrons. The van der Waals surface area contributed by atoms with Gasteiger partial charge in [0.2, 0.25) is 6.20 Å². The molecule has 0 unspecified atom stereocenters. The zero-order chi connectivity index (χ0) is 103. The minimum Gasteiger partial charge on any atom is -0.507 e. The van der Waals surface area contributed by atoms with Crippen molar-refractivity contribution < 1.29 is 81.0 Å². The molecule has 26 nitrogen and oxygen atoms in total. The average molecular weight is 2190 g/mol. The molecular formula is C107H141BBr3Cl3LiN11O15. The van der Waals surface area contributed by atoms with Gasteiger partial charge in [-0.2, -0.15) is 0 Å². The number of phenols is 1. The molecule has 7 aromatic carbocycles. The molecule has 0 radical (unpaired) electrons. The average Bonchev–Trinajstić information content (AvgIpc) is 1.63. The van der Waals surface area contributed by atoms with E-state index in [0.717, 1.165) is 187 Å². The van der Waals surface area contributed by atoms with Crippen LogP contribution < -0.4 is 73.4 Å². The Morgan fingerprint density at radius 2 is 1.00 bits per heavy atom. The van der Waals surface area contributed by atoms with Crippen molar-refractivity contribution in [2.45, 2.75) is 176 Å². The number of hydrogen-bond donors (Lipinski definition) is 3. The van der Waals surface area contributed by atoms with Crippen molar-refractivity contribution in [3.63, 3.8) is 0 Å². The number of hydrogen-bond acceptors (Lipinski definition) is 24. The van der Waals surface area contributed by atoms with Crippen LogP contribution in [0, 0.1) is 27.7 Å². The summed E-state index contributed by atoms with van der Waals surface area (Å²) < 4.78 is 57.7. The van der Waals surface area contributed by atoms with E-state index in [1.54, 1.807) is 31.4 Å². The van der Waals surface area contributed by atoms with Gasteiger partial charge in [0.15, 0.2) is 18.5 Å². The largest absolute Gasteiger partial charge is 1.00 e. The number of para-hydroxylation sites is 7. The third-order valence-corrected chi connectivity index (χ3v) is 25.4. The first kappa shape index (κ1) is 124. The number of allylic oxidation sites excluding steroid dienone is 1. The van der Waals surface area contributed by atoms with Gasteiger partial charge in [-0.25, -0.2) is 24.9 Å². The Labute approximate surface area is 888 Å². The normalized spacial score (nSPS) is 15.6. The molecule has 10 aromatic rings. The van der Waals surface area contributed by atoms with Crippen molar-refractivity contribution in [2.24, 2.45) is 5.73 Å². The van der Waals surface area contributed by atoms with Gasteiger partial charge in [-0.05, 0) is 173 Å². The number of likely N-dealkylation sites (N-methyl/N-ethyl adjacent to an activating group) is 1. The summed E-state index contributed by atoms with van der Waals surface area (Å²) in [5, 5.41) is 33.3. The Morgan fingerprint density at radius 3 is 1.44 bits per heavy atom. The molecule has 0 atom stereocenters. The van der Waals surface area contributed by atoms with Gasteiger partial charge in [-0.15, -0.1) is 0 Å². The maximum absolute atomic E-state index is 10.3. The second-order valence-electron chi connectivity index (χ2n) is 37.5. The van der Waals surface area contributed by atoms with Crippen molar-refractivity contribution in [3.8, 4) is 46.0 Å². The Morgan fingerprint density at radius 1 is 0.567 bits per heavy atom. The van der Waals surface area contributed by atoms with Crippen LogP contribution in [0.5, 0.6) is 46.0 Å². The first-order valence-corrected chi connectivity index (χ1v) is 49.6. The standard InChI is InChI=1S/C16H26BN3O2.C16H18ClN3O.C12H13NO3.C12H17NO.C11H14O2.C10H11BrO.C10H12O.C6H5BrO.C4H7Br.C4H2Cl2N2.C4H10O.CH3NO2.CH3.Li/c1-15(2)16(3,4)22-17(21-15)13-6-7-14(18-12-13)20-10-8-19(5)9-11-20;1-16(2)9-21-15-11(4-3-5-12(15)16)6-7-18-14-8-13(17)19-10-20-14;1-12(2)8-16-11-9(6-7-13(14)15)4-3-5-10(11)12;1-12(2)8-14-11-9(6-7-13)4-3-5-10(11)12;1-11(2)7-13-10-8(11)5-4-6-9(10)12-3;1-8(2)7-12-10-6-4-3-5-9(10)11;1-10(2)7-11-9-6-4-3-5-8(9)10;7-5-3-1-2-4-6(5)8;1-4(2)3-5;5-3-1-4(6)8-2-7-3;1-3-5-4-2;1-2(3)4;;/h6-7,12H,8-11H2,1-5H3;3-5,8,10H,6-7,9H2,1-2H3,(H,18,19,20);3-7H,8H2,1-2H3;3-5H,6-8,13H2,1-2H3;4-6H,7H2,1-3H3;3-6H,1,7H2,2H3;3-6H,7H2,1-2H3;1-4,8H;1,3H2,2H3;1-2H;3-4H2,1-2H3;1H3;1H3;/q;;;;;;;;;;;;-1;+1/b;;7-6+;;;;;;;;;;;. The maximum Gasteiger partial charge on any atom is 1.00 e. The number of alkyl halides is 1. The van der Waals surface area contributed by atoms with E-state index in [1.165, 1.54) is 63.8 Å². The minimum absolute atomic E-state index is 0. The van der Waals surface area contributed by atoms with Crippen LogP contribution in [0.15, 0.2) is 228 Å². The van der Waals surface area contributed by atoms with Crippen molar-refractivity contribution in [1.82, 2.24) is 29.8 Å². The number of aromatic hydroxyl groups is 1. The molecule has 2 saturated heterocycles. The van der Waals surface area contributed by atoms with E-state index in [4.69, 9.17) is 103 Å². The van der Waals surface area contributed by atoms with E-state index in [9.17, 15) is 10.1 Å². The number of rotatable bonds is 17. The molecule has 0 saturated carbocycles. The van der Waals surface area contributed by atoms with Crippen molar-refractivity contribution in [3.05, 3.63) is 316 Å². The second-order valence-corrected chi connectivity index (χ2v) is 40.9. The number of fused-ring (bicyclic) bond motifs is 5. The zero-order valence-corrected chi connectivity index (χ0v) is 93.1. The van der Waals surface area contributed by atoms with Crippen LogP contribution in [0.1, 0.15) is 169 Å². The van der Waals surface area contributed by atoms with Crippen LogP contribution in [0.4, 0.5) is 11.6 Å². The Bertz CT molecular complexity index is 5550. The molecule has 0 amide bonds. The molecule has 141 heavy (non-hydrogen) atoms. The zero-order valence-electron chi connectivity index (χ0n) is 86.1. The van der Waals surface area contributed by atoms with Crippen LogP contribution in [-0.2, 0) is 54.0 Å². The van der Waals surface area contributed by atoms with E-state index in [1.807, 2.05) is 107 Å². The molecule has 3 aromatic heterocycles. The first-order chi connectivity index (χ1) is 65.6. The Kier molecular flexibility index (Phi) is 52.6. The second kappa shape index (κ2) is 59.8. The molecule has 17 rings (SSSR count). The molecule has 4 N–H and O–H groups in total. The number of nitrogens with one attached hydrogen (secondary N) is 1. The van der Waals surface area contributed by atoms with Gasteiger partial charge in [0.1, 0.15) is 80.9 Å². The molecule has 0 bridgehead atoms. The number of aromatic nitrogens is 5. The number of methoxy groups -OCH3 is 1. The number of halogens is 6. The number of anilines is 2. The van der Waals surface area contributed by atoms with E-state index in [0.29, 0.717) is 35.2 Å². The number of nitrogens with two attached hydrogens (primary N) is 1. The van der Waals surface area contributed by atoms with E-state index in [2.05, 4.69) is 272 Å². The van der Waals surface area contributed by atoms with Crippen molar-refractivity contribution >= 4 is 113 Å². The number of nitro groups is 2. The van der Waals surface area contributed by atoms with Crippen LogP contribution in [0.2, 0.25) is 15.5 Å². The van der Waals surface area contributed by atoms with Gasteiger partial charge in [-0.1, -0.05) is 254 Å². The van der Waals surface area contributed by atoms with E-state index >= 15 is 0 Å². The molecule has 34 heteroatoms. The van der Waals surface area contributed by atoms with Crippen LogP contribution in [0.25, 0.3) is 6.08 Å². The number of ether oxygens (including phenoxy) is 8. The fraction of sp³-hybridized carbons (Fsp3) is 0.421. The topological polar surface area (TPSA) is 308 Å². The monoisotopic (exact) mass is 2180 g/mol.